The van der Waals surface area contributed by atoms with Crippen LogP contribution < -0.4 is 15.0 Å². The van der Waals surface area contributed by atoms with Crippen LogP contribution in [0.5, 0.6) is 5.75 Å². The minimum Gasteiger partial charge on any atom is -0.496 e. The zero-order chi connectivity index (χ0) is 13.8. The molecule has 1 N–H and O–H groups in total. The molecule has 2 aromatic carbocycles. The molecule has 0 aliphatic rings. The minimum atomic E-state index is 0.834. The van der Waals surface area contributed by atoms with Crippen LogP contribution in [0.3, 0.4) is 0 Å². The highest BCUT2D eigenvalue weighted by atomic mass is 79.9. The largest absolute Gasteiger partial charge is 0.496 e. The van der Waals surface area contributed by atoms with Gasteiger partial charge in [-0.15, -0.1) is 0 Å². The van der Waals surface area contributed by atoms with Gasteiger partial charge in [0, 0.05) is 31.2 Å². The summed E-state index contributed by atoms with van der Waals surface area (Å²) in [6.45, 7) is 0. The predicted octanol–water partition coefficient (Wildman–Crippen LogP) is 4.27. The summed E-state index contributed by atoms with van der Waals surface area (Å²) in [5, 5.41) is 3.15. The van der Waals surface area contributed by atoms with Crippen LogP contribution >= 0.6 is 15.9 Å². The summed E-state index contributed by atoms with van der Waals surface area (Å²) < 4.78 is 6.19. The third-order valence-electron chi connectivity index (χ3n) is 3.04. The van der Waals surface area contributed by atoms with Gasteiger partial charge in [0.15, 0.2) is 0 Å². The third kappa shape index (κ3) is 3.01. The molecule has 0 aliphatic carbocycles. The SMILES string of the molecule is CNc1cccc(N(C)c2ccc(OC)c(Br)c2)c1. The van der Waals surface area contributed by atoms with Crippen LogP contribution in [0.4, 0.5) is 17.1 Å². The molecule has 0 saturated heterocycles. The van der Waals surface area contributed by atoms with Crippen LogP contribution in [-0.4, -0.2) is 21.2 Å². The van der Waals surface area contributed by atoms with E-state index in [1.807, 2.05) is 44.4 Å². The topological polar surface area (TPSA) is 24.5 Å². The Morgan fingerprint density at radius 1 is 1.11 bits per heavy atom. The molecular formula is C15H17BrN2O. The first-order valence-corrected chi connectivity index (χ1v) is 6.80. The van der Waals surface area contributed by atoms with E-state index in [0.29, 0.717) is 0 Å². The van der Waals surface area contributed by atoms with Gasteiger partial charge in [0.2, 0.25) is 0 Å². The van der Waals surface area contributed by atoms with Gasteiger partial charge in [-0.2, -0.15) is 0 Å². The molecule has 0 spiro atoms. The molecule has 0 amide bonds. The number of hydrogen-bond donors (Lipinski definition) is 1. The van der Waals surface area contributed by atoms with Gasteiger partial charge in [-0.05, 0) is 52.3 Å². The lowest BCUT2D eigenvalue weighted by molar-refractivity contribution is 0.412. The van der Waals surface area contributed by atoms with E-state index in [4.69, 9.17) is 4.74 Å². The number of nitrogens with zero attached hydrogens (tertiary/aromatic N) is 1. The lowest BCUT2D eigenvalue weighted by atomic mass is 10.2. The van der Waals surface area contributed by atoms with Crippen molar-refractivity contribution < 1.29 is 4.74 Å². The number of ether oxygens (including phenoxy) is 1. The molecule has 0 atom stereocenters. The molecule has 0 unspecified atom stereocenters. The van der Waals surface area contributed by atoms with Crippen molar-refractivity contribution in [1.82, 2.24) is 0 Å². The zero-order valence-electron chi connectivity index (χ0n) is 11.3. The lowest BCUT2D eigenvalue weighted by Gasteiger charge is -2.21. The average Bonchev–Trinajstić information content (AvgIpc) is 2.46. The molecule has 0 radical (unpaired) electrons. The summed E-state index contributed by atoms with van der Waals surface area (Å²) in [4.78, 5) is 2.13. The number of hydrogen-bond acceptors (Lipinski definition) is 3. The first-order chi connectivity index (χ1) is 9.15. The van der Waals surface area contributed by atoms with E-state index in [9.17, 15) is 0 Å². The van der Waals surface area contributed by atoms with Crippen molar-refractivity contribution in [1.29, 1.82) is 0 Å². The summed E-state index contributed by atoms with van der Waals surface area (Å²) in [5.41, 5.74) is 3.32. The van der Waals surface area contributed by atoms with Crippen molar-refractivity contribution in [2.24, 2.45) is 0 Å². The third-order valence-corrected chi connectivity index (χ3v) is 3.66. The van der Waals surface area contributed by atoms with Crippen molar-refractivity contribution in [2.75, 3.05) is 31.4 Å². The molecule has 0 heterocycles. The number of benzene rings is 2. The van der Waals surface area contributed by atoms with Gasteiger partial charge in [-0.3, -0.25) is 0 Å². The highest BCUT2D eigenvalue weighted by Gasteiger charge is 2.07. The van der Waals surface area contributed by atoms with E-state index in [-0.39, 0.29) is 0 Å². The fraction of sp³-hybridized carbons (Fsp3) is 0.200. The Balaban J connectivity index is 2.32. The van der Waals surface area contributed by atoms with E-state index < -0.39 is 0 Å². The van der Waals surface area contributed by atoms with Gasteiger partial charge in [0.25, 0.3) is 0 Å². The Labute approximate surface area is 122 Å². The minimum absolute atomic E-state index is 0.834. The Hall–Kier alpha value is -1.68. The molecule has 0 bridgehead atoms. The molecule has 100 valence electrons. The highest BCUT2D eigenvalue weighted by molar-refractivity contribution is 9.10. The Morgan fingerprint density at radius 3 is 2.47 bits per heavy atom. The quantitative estimate of drug-likeness (QED) is 0.910. The fourth-order valence-electron chi connectivity index (χ4n) is 1.88. The molecule has 2 aromatic rings. The first kappa shape index (κ1) is 13.7. The van der Waals surface area contributed by atoms with Crippen molar-refractivity contribution in [3.05, 3.63) is 46.9 Å². The molecule has 0 aromatic heterocycles. The van der Waals surface area contributed by atoms with Gasteiger partial charge in [0.1, 0.15) is 5.75 Å². The van der Waals surface area contributed by atoms with E-state index in [1.165, 1.54) is 0 Å². The normalized spacial score (nSPS) is 10.1. The predicted molar refractivity (Wildman–Crippen MR) is 84.7 cm³/mol. The molecule has 0 saturated carbocycles. The molecular weight excluding hydrogens is 304 g/mol. The zero-order valence-corrected chi connectivity index (χ0v) is 12.9. The van der Waals surface area contributed by atoms with Crippen LogP contribution in [0.1, 0.15) is 0 Å². The second-order valence-electron chi connectivity index (χ2n) is 4.18. The lowest BCUT2D eigenvalue weighted by Crippen LogP contribution is -2.09. The molecule has 3 nitrogen and oxygen atoms in total. The van der Waals surface area contributed by atoms with Gasteiger partial charge in [-0.25, -0.2) is 0 Å². The number of halogens is 1. The van der Waals surface area contributed by atoms with Crippen molar-refractivity contribution >= 4 is 33.0 Å². The first-order valence-electron chi connectivity index (χ1n) is 6.01. The average molecular weight is 321 g/mol. The van der Waals surface area contributed by atoms with E-state index >= 15 is 0 Å². The highest BCUT2D eigenvalue weighted by Crippen LogP contribution is 2.32. The molecule has 0 aliphatic heterocycles. The van der Waals surface area contributed by atoms with E-state index in [2.05, 4.69) is 38.3 Å². The van der Waals surface area contributed by atoms with Crippen molar-refractivity contribution in [2.45, 2.75) is 0 Å². The summed E-state index contributed by atoms with van der Waals surface area (Å²) >= 11 is 3.51. The van der Waals surface area contributed by atoms with Crippen LogP contribution in [0.25, 0.3) is 0 Å². The molecule has 19 heavy (non-hydrogen) atoms. The summed E-state index contributed by atoms with van der Waals surface area (Å²) in [6.07, 6.45) is 0. The monoisotopic (exact) mass is 320 g/mol. The van der Waals surface area contributed by atoms with Crippen molar-refractivity contribution in [3.63, 3.8) is 0 Å². The van der Waals surface area contributed by atoms with Crippen molar-refractivity contribution in [3.8, 4) is 5.75 Å². The van der Waals surface area contributed by atoms with Crippen LogP contribution in [0.15, 0.2) is 46.9 Å². The van der Waals surface area contributed by atoms with Crippen LogP contribution in [0, 0.1) is 0 Å². The maximum absolute atomic E-state index is 5.25. The van der Waals surface area contributed by atoms with Gasteiger partial charge in [-0.1, -0.05) is 6.07 Å². The number of rotatable bonds is 4. The number of anilines is 3. The van der Waals surface area contributed by atoms with E-state index in [0.717, 1.165) is 27.3 Å². The van der Waals surface area contributed by atoms with Gasteiger partial charge < -0.3 is 15.0 Å². The van der Waals surface area contributed by atoms with Gasteiger partial charge >= 0.3 is 0 Å². The maximum atomic E-state index is 5.25. The molecule has 2 rings (SSSR count). The van der Waals surface area contributed by atoms with Crippen LogP contribution in [0.2, 0.25) is 0 Å². The standard InChI is InChI=1S/C15H17BrN2O/c1-17-11-5-4-6-12(9-11)18(2)13-7-8-15(19-3)14(16)10-13/h4-10,17H,1-3H3. The summed E-state index contributed by atoms with van der Waals surface area (Å²) in [6, 6.07) is 14.3. The fourth-order valence-corrected chi connectivity index (χ4v) is 2.41. The second-order valence-corrected chi connectivity index (χ2v) is 5.03. The summed E-state index contributed by atoms with van der Waals surface area (Å²) in [7, 11) is 5.63. The molecule has 0 fully saturated rings. The number of methoxy groups -OCH3 is 1. The van der Waals surface area contributed by atoms with Gasteiger partial charge in [0.05, 0.1) is 11.6 Å². The summed E-state index contributed by atoms with van der Waals surface area (Å²) in [5.74, 6) is 0.834. The molecule has 4 heteroatoms. The number of nitrogens with one attached hydrogen (secondary N) is 1. The smallest absolute Gasteiger partial charge is 0.133 e. The van der Waals surface area contributed by atoms with Crippen LogP contribution in [-0.2, 0) is 0 Å². The second kappa shape index (κ2) is 5.97. The maximum Gasteiger partial charge on any atom is 0.133 e. The van der Waals surface area contributed by atoms with E-state index in [1.54, 1.807) is 7.11 Å². The Kier molecular flexibility index (Phi) is 4.32. The Bertz CT molecular complexity index is 572. The Morgan fingerprint density at radius 2 is 1.84 bits per heavy atom.